The first-order valence-corrected chi connectivity index (χ1v) is 13.9. The molecule has 192 valence electrons. The van der Waals surface area contributed by atoms with Gasteiger partial charge in [0, 0.05) is 27.5 Å². The topological polar surface area (TPSA) is 66.4 Å². The average Bonchev–Trinajstić information content (AvgIpc) is 2.57. The van der Waals surface area contributed by atoms with Crippen LogP contribution in [0.4, 0.5) is 5.69 Å². The van der Waals surface area contributed by atoms with Crippen LogP contribution < -0.4 is 5.32 Å². The normalized spacial score (nSPS) is 11.9. The Morgan fingerprint density at radius 2 is 1.21 bits per heavy atom. The summed E-state index contributed by atoms with van der Waals surface area (Å²) in [6.07, 6.45) is 0.715. The van der Waals surface area contributed by atoms with Gasteiger partial charge in [-0.2, -0.15) is 8.42 Å². The maximum atomic E-state index is 9.19. The molecule has 2 aromatic rings. The molecule has 0 heterocycles. The number of rotatable bonds is 2. The molecule has 0 aliphatic rings. The zero-order valence-corrected chi connectivity index (χ0v) is 25.3. The van der Waals surface area contributed by atoms with Gasteiger partial charge in [-0.05, 0) is 27.2 Å². The van der Waals surface area contributed by atoms with Gasteiger partial charge in [0.15, 0.2) is 0 Å². The van der Waals surface area contributed by atoms with Gasteiger partial charge in [-0.3, -0.25) is 4.55 Å². The Balaban J connectivity index is 0. The maximum Gasteiger partial charge on any atom is 0.261 e. The monoisotopic (exact) mass is 586 g/mol. The van der Waals surface area contributed by atoms with Crippen LogP contribution in [0.3, 0.4) is 0 Å². The molecule has 4 nitrogen and oxygen atoms in total. The quantitative estimate of drug-likeness (QED) is 0.165. The molecule has 0 radical (unpaired) electrons. The molecule has 0 saturated heterocycles. The second-order valence-electron chi connectivity index (χ2n) is 10.7. The van der Waals surface area contributed by atoms with Crippen molar-refractivity contribution in [2.45, 2.75) is 77.8 Å². The first kappa shape index (κ1) is 34.4. The fourth-order valence-electron chi connectivity index (χ4n) is 4.52. The van der Waals surface area contributed by atoms with Gasteiger partial charge in [0.25, 0.3) is 10.1 Å². The van der Waals surface area contributed by atoms with E-state index in [1.807, 2.05) is 37.4 Å². The first-order valence-electron chi connectivity index (χ1n) is 10.7. The molecule has 0 atom stereocenters. The van der Waals surface area contributed by atoms with Crippen molar-refractivity contribution in [2.24, 2.45) is 0 Å². The Kier molecular flexibility index (Phi) is 14.6. The van der Waals surface area contributed by atoms with Gasteiger partial charge >= 0.3 is 0 Å². The summed E-state index contributed by atoms with van der Waals surface area (Å²) in [7, 11) is -1.72. The second kappa shape index (κ2) is 14.0. The minimum atomic E-state index is -3.67. The predicted octanol–water partition coefficient (Wildman–Crippen LogP) is 7.56. The van der Waals surface area contributed by atoms with Crippen LogP contribution in [0.15, 0.2) is 48.5 Å². The molecule has 2 rings (SSSR count). The van der Waals surface area contributed by atoms with Crippen molar-refractivity contribution in [3.05, 3.63) is 54.6 Å². The van der Waals surface area contributed by atoms with E-state index in [4.69, 9.17) is 4.55 Å². The van der Waals surface area contributed by atoms with E-state index in [2.05, 4.69) is 91.9 Å². The minimum absolute atomic E-state index is 0. The van der Waals surface area contributed by atoms with Gasteiger partial charge in [0.2, 0.25) is 0 Å². The fraction of sp³-hybridized carbons (Fsp3) is 0.538. The van der Waals surface area contributed by atoms with Crippen molar-refractivity contribution in [1.82, 2.24) is 0 Å². The van der Waals surface area contributed by atoms with Crippen LogP contribution in [-0.2, 0) is 30.5 Å². The SMILES string of the molecule is CC(C)(C)P(C(C)(C)C)C(C)(C)C.CNc1ccccc1-c1[c-]cccc1.CS(=O)(=O)O.[Pd]. The van der Waals surface area contributed by atoms with Gasteiger partial charge in [0.1, 0.15) is 0 Å². The van der Waals surface area contributed by atoms with Crippen molar-refractivity contribution in [3.8, 4) is 11.1 Å². The largest absolute Gasteiger partial charge is 0.395 e. The van der Waals surface area contributed by atoms with Gasteiger partial charge < -0.3 is 5.32 Å². The maximum absolute atomic E-state index is 9.19. The predicted molar refractivity (Wildman–Crippen MR) is 144 cm³/mol. The summed E-state index contributed by atoms with van der Waals surface area (Å²) >= 11 is 0. The molecule has 33 heavy (non-hydrogen) atoms. The van der Waals surface area contributed by atoms with Crippen LogP contribution in [0.5, 0.6) is 0 Å². The number of hydrogen-bond donors (Lipinski definition) is 2. The number of hydrogen-bond acceptors (Lipinski definition) is 3. The van der Waals surface area contributed by atoms with Gasteiger partial charge in [-0.1, -0.05) is 94.0 Å². The Morgan fingerprint density at radius 1 is 0.818 bits per heavy atom. The van der Waals surface area contributed by atoms with Crippen LogP contribution >= 0.6 is 7.92 Å². The third-order valence-corrected chi connectivity index (χ3v) is 8.23. The molecule has 0 aliphatic carbocycles. The van der Waals surface area contributed by atoms with E-state index in [1.165, 1.54) is 5.56 Å². The summed E-state index contributed by atoms with van der Waals surface area (Å²) in [5, 5.41) is 4.52. The first-order chi connectivity index (χ1) is 14.3. The molecule has 0 amide bonds. The van der Waals surface area contributed by atoms with Crippen LogP contribution in [0, 0.1) is 6.07 Å². The van der Waals surface area contributed by atoms with Crippen molar-refractivity contribution in [3.63, 3.8) is 0 Å². The van der Waals surface area contributed by atoms with E-state index in [9.17, 15) is 8.42 Å². The molecule has 0 aliphatic heterocycles. The van der Waals surface area contributed by atoms with E-state index in [0.717, 1.165) is 11.3 Å². The minimum Gasteiger partial charge on any atom is -0.395 e. The number of para-hydroxylation sites is 1. The summed E-state index contributed by atoms with van der Waals surface area (Å²) < 4.78 is 25.9. The molecule has 0 unspecified atom stereocenters. The Morgan fingerprint density at radius 3 is 1.52 bits per heavy atom. The van der Waals surface area contributed by atoms with Crippen molar-refractivity contribution in [1.29, 1.82) is 0 Å². The molecule has 0 fully saturated rings. The van der Waals surface area contributed by atoms with Crippen LogP contribution in [-0.4, -0.2) is 41.7 Å². The van der Waals surface area contributed by atoms with E-state index < -0.39 is 10.1 Å². The molecule has 2 N–H and O–H groups in total. The van der Waals surface area contributed by atoms with Crippen LogP contribution in [0.25, 0.3) is 11.1 Å². The summed E-state index contributed by atoms with van der Waals surface area (Å²) in [5.74, 6) is 0. The number of benzene rings is 2. The van der Waals surface area contributed by atoms with Gasteiger partial charge in [-0.25, -0.2) is 0 Å². The number of nitrogens with one attached hydrogen (secondary N) is 1. The fourth-order valence-corrected chi connectivity index (χ4v) is 10.6. The van der Waals surface area contributed by atoms with Gasteiger partial charge in [0.05, 0.1) is 6.26 Å². The molecule has 0 saturated carbocycles. The van der Waals surface area contributed by atoms with E-state index >= 15 is 0 Å². The smallest absolute Gasteiger partial charge is 0.261 e. The number of anilines is 1. The summed E-state index contributed by atoms with van der Waals surface area (Å²) in [5.41, 5.74) is 3.45. The molecule has 0 bridgehead atoms. The molecule has 2 aromatic carbocycles. The summed E-state index contributed by atoms with van der Waals surface area (Å²) in [4.78, 5) is 0. The Labute approximate surface area is 218 Å². The summed E-state index contributed by atoms with van der Waals surface area (Å²) in [6, 6.07) is 19.4. The molecule has 7 heteroatoms. The average molecular weight is 587 g/mol. The van der Waals surface area contributed by atoms with Crippen molar-refractivity contribution < 1.29 is 33.4 Å². The van der Waals surface area contributed by atoms with Crippen LogP contribution in [0.1, 0.15) is 62.3 Å². The molecular formula is C26H43NO3PPdS-. The standard InChI is InChI=1S/C13H12N.C12H27P.CH4O3S.Pd/c1-14-13-10-6-5-9-12(13)11-7-3-2-4-8-11;1-10(2,3)13(11(4,5)6)12(7,8)9;1-5(2,3)4;/h2-7,9-10,14H,1H3;1-9H3;1H3,(H,2,3,4);/q-1;;;. The van der Waals surface area contributed by atoms with Crippen molar-refractivity contribution >= 4 is 23.7 Å². The van der Waals surface area contributed by atoms with E-state index in [1.54, 1.807) is 0 Å². The second-order valence-corrected chi connectivity index (χ2v) is 16.8. The van der Waals surface area contributed by atoms with Crippen LogP contribution in [0.2, 0.25) is 0 Å². The Bertz CT molecular complexity index is 872. The molecular weight excluding hydrogens is 544 g/mol. The zero-order chi connectivity index (χ0) is 25.4. The third-order valence-electron chi connectivity index (χ3n) is 4.21. The molecule has 0 spiro atoms. The van der Waals surface area contributed by atoms with Crippen molar-refractivity contribution in [2.75, 3.05) is 18.6 Å². The zero-order valence-electron chi connectivity index (χ0n) is 22.1. The third kappa shape index (κ3) is 15.0. The van der Waals surface area contributed by atoms with E-state index in [0.29, 0.717) is 21.7 Å². The Hall–Kier alpha value is -0.758. The molecule has 0 aromatic heterocycles. The van der Waals surface area contributed by atoms with E-state index in [-0.39, 0.29) is 28.3 Å². The van der Waals surface area contributed by atoms with Gasteiger partial charge in [-0.15, -0.1) is 35.9 Å². The summed E-state index contributed by atoms with van der Waals surface area (Å²) in [6.45, 7) is 21.5.